The molecule has 0 aromatic heterocycles. The molecule has 92 valence electrons. The molecule has 1 aliphatic heterocycles. The van der Waals surface area contributed by atoms with Crippen molar-refractivity contribution in [1.29, 1.82) is 0 Å². The standard InChI is InChI=1S/C12H15NO4/c14-6-10(11-8-16-11)13-12(15)17-7-9-4-2-1-3-5-9/h1-5,10-11,14H,6-8H2,(H,13,15)/t10-,11-/m0/s1. The van der Waals surface area contributed by atoms with Crippen molar-refractivity contribution >= 4 is 6.09 Å². The summed E-state index contributed by atoms with van der Waals surface area (Å²) in [7, 11) is 0. The van der Waals surface area contributed by atoms with Crippen molar-refractivity contribution < 1.29 is 19.4 Å². The zero-order valence-corrected chi connectivity index (χ0v) is 9.33. The normalized spacial score (nSPS) is 19.5. The molecule has 1 saturated heterocycles. The number of hydrogen-bond acceptors (Lipinski definition) is 4. The SMILES string of the molecule is O=C(N[C@@H](CO)[C@@H]1CO1)OCc1ccccc1. The summed E-state index contributed by atoms with van der Waals surface area (Å²) in [6.45, 7) is 0.644. The first-order valence-corrected chi connectivity index (χ1v) is 5.49. The van der Waals surface area contributed by atoms with Crippen LogP contribution in [0.3, 0.4) is 0 Å². The summed E-state index contributed by atoms with van der Waals surface area (Å²) in [5, 5.41) is 11.6. The van der Waals surface area contributed by atoms with E-state index in [0.29, 0.717) is 6.61 Å². The lowest BCUT2D eigenvalue weighted by Crippen LogP contribution is -2.41. The van der Waals surface area contributed by atoms with Crippen molar-refractivity contribution in [3.8, 4) is 0 Å². The number of hydrogen-bond donors (Lipinski definition) is 2. The molecule has 0 unspecified atom stereocenters. The van der Waals surface area contributed by atoms with Crippen LogP contribution in [0.5, 0.6) is 0 Å². The first-order valence-electron chi connectivity index (χ1n) is 5.49. The van der Waals surface area contributed by atoms with Crippen LogP contribution in [-0.2, 0) is 16.1 Å². The van der Waals surface area contributed by atoms with E-state index in [-0.39, 0.29) is 25.4 Å². The van der Waals surface area contributed by atoms with E-state index in [1.165, 1.54) is 0 Å². The molecular weight excluding hydrogens is 222 g/mol. The number of aliphatic hydroxyl groups excluding tert-OH is 1. The van der Waals surface area contributed by atoms with Crippen LogP contribution in [0.15, 0.2) is 30.3 Å². The fourth-order valence-corrected chi connectivity index (χ4v) is 1.46. The first-order chi connectivity index (χ1) is 8.29. The molecule has 17 heavy (non-hydrogen) atoms. The molecule has 5 heteroatoms. The average molecular weight is 237 g/mol. The van der Waals surface area contributed by atoms with Crippen LogP contribution in [0.25, 0.3) is 0 Å². The van der Waals surface area contributed by atoms with Gasteiger partial charge in [0.2, 0.25) is 0 Å². The van der Waals surface area contributed by atoms with E-state index in [0.717, 1.165) is 5.56 Å². The van der Waals surface area contributed by atoms with Gasteiger partial charge in [0.15, 0.2) is 0 Å². The van der Waals surface area contributed by atoms with Gasteiger partial charge in [0.25, 0.3) is 0 Å². The van der Waals surface area contributed by atoms with Crippen LogP contribution in [0.1, 0.15) is 5.56 Å². The number of benzene rings is 1. The highest BCUT2D eigenvalue weighted by Crippen LogP contribution is 2.13. The molecule has 2 rings (SSSR count). The molecule has 2 N–H and O–H groups in total. The van der Waals surface area contributed by atoms with Gasteiger partial charge in [-0.1, -0.05) is 30.3 Å². The van der Waals surface area contributed by atoms with Gasteiger partial charge in [0.1, 0.15) is 12.7 Å². The Morgan fingerprint density at radius 3 is 2.82 bits per heavy atom. The van der Waals surface area contributed by atoms with Gasteiger partial charge in [-0.25, -0.2) is 4.79 Å². The Morgan fingerprint density at radius 1 is 1.53 bits per heavy atom. The number of aliphatic hydroxyl groups is 1. The maximum Gasteiger partial charge on any atom is 0.407 e. The largest absolute Gasteiger partial charge is 0.445 e. The number of carbonyl (C=O) groups excluding carboxylic acids is 1. The molecule has 1 amide bonds. The summed E-state index contributed by atoms with van der Waals surface area (Å²) < 4.78 is 10.0. The highest BCUT2D eigenvalue weighted by molar-refractivity contribution is 5.67. The molecule has 0 bridgehead atoms. The molecule has 1 heterocycles. The van der Waals surface area contributed by atoms with Crippen LogP contribution in [0.4, 0.5) is 4.79 Å². The number of nitrogens with one attached hydrogen (secondary N) is 1. The van der Waals surface area contributed by atoms with E-state index in [1.807, 2.05) is 30.3 Å². The van der Waals surface area contributed by atoms with Gasteiger partial charge < -0.3 is 19.9 Å². The minimum absolute atomic E-state index is 0.0794. The van der Waals surface area contributed by atoms with E-state index in [4.69, 9.17) is 14.6 Å². The third-order valence-corrected chi connectivity index (χ3v) is 2.52. The van der Waals surface area contributed by atoms with E-state index in [1.54, 1.807) is 0 Å². The molecule has 0 spiro atoms. The molecule has 2 atom stereocenters. The average Bonchev–Trinajstić information content (AvgIpc) is 3.19. The Labute approximate surface area is 99.3 Å². The second kappa shape index (κ2) is 5.65. The predicted molar refractivity (Wildman–Crippen MR) is 60.4 cm³/mol. The fraction of sp³-hybridized carbons (Fsp3) is 0.417. The number of rotatable bonds is 5. The summed E-state index contributed by atoms with van der Waals surface area (Å²) in [6.07, 6.45) is -0.618. The third-order valence-electron chi connectivity index (χ3n) is 2.52. The fourth-order valence-electron chi connectivity index (χ4n) is 1.46. The van der Waals surface area contributed by atoms with Crippen LogP contribution in [-0.4, -0.2) is 36.6 Å². The highest BCUT2D eigenvalue weighted by Gasteiger charge is 2.33. The summed E-state index contributed by atoms with van der Waals surface area (Å²) in [5.74, 6) is 0. The van der Waals surface area contributed by atoms with Crippen molar-refractivity contribution in [1.82, 2.24) is 5.32 Å². The van der Waals surface area contributed by atoms with Crippen molar-refractivity contribution in [3.05, 3.63) is 35.9 Å². The van der Waals surface area contributed by atoms with Gasteiger partial charge in [0, 0.05) is 0 Å². The minimum atomic E-state index is -0.539. The third kappa shape index (κ3) is 3.72. The number of alkyl carbamates (subject to hydrolysis) is 1. The molecule has 0 aliphatic carbocycles. The van der Waals surface area contributed by atoms with E-state index < -0.39 is 6.09 Å². The molecule has 1 aromatic rings. The van der Waals surface area contributed by atoms with Gasteiger partial charge in [-0.3, -0.25) is 0 Å². The van der Waals surface area contributed by atoms with E-state index in [2.05, 4.69) is 5.32 Å². The quantitative estimate of drug-likeness (QED) is 0.738. The van der Waals surface area contributed by atoms with Gasteiger partial charge in [-0.05, 0) is 5.56 Å². The second-order valence-electron chi connectivity index (χ2n) is 3.87. The van der Waals surface area contributed by atoms with Gasteiger partial charge in [0.05, 0.1) is 19.3 Å². The number of epoxide rings is 1. The Bertz CT molecular complexity index is 364. The van der Waals surface area contributed by atoms with Gasteiger partial charge >= 0.3 is 6.09 Å². The monoisotopic (exact) mass is 237 g/mol. The lowest BCUT2D eigenvalue weighted by atomic mass is 10.2. The van der Waals surface area contributed by atoms with Crippen molar-refractivity contribution in [2.24, 2.45) is 0 Å². The summed E-state index contributed by atoms with van der Waals surface area (Å²) in [5.41, 5.74) is 0.922. The zero-order chi connectivity index (χ0) is 12.1. The first kappa shape index (κ1) is 11.9. The Kier molecular flexibility index (Phi) is 3.95. The number of amides is 1. The molecule has 1 aromatic carbocycles. The lowest BCUT2D eigenvalue weighted by Gasteiger charge is -2.13. The van der Waals surface area contributed by atoms with Gasteiger partial charge in [-0.2, -0.15) is 0 Å². The van der Waals surface area contributed by atoms with Crippen molar-refractivity contribution in [2.75, 3.05) is 13.2 Å². The van der Waals surface area contributed by atoms with E-state index in [9.17, 15) is 4.79 Å². The lowest BCUT2D eigenvalue weighted by molar-refractivity contribution is 0.125. The minimum Gasteiger partial charge on any atom is -0.445 e. The molecule has 1 fully saturated rings. The maximum atomic E-state index is 11.4. The van der Waals surface area contributed by atoms with Crippen LogP contribution in [0.2, 0.25) is 0 Å². The highest BCUT2D eigenvalue weighted by atomic mass is 16.6. The van der Waals surface area contributed by atoms with Crippen molar-refractivity contribution in [2.45, 2.75) is 18.8 Å². The summed E-state index contributed by atoms with van der Waals surface area (Å²) in [4.78, 5) is 11.4. The Balaban J connectivity index is 1.73. The maximum absolute atomic E-state index is 11.4. The predicted octanol–water partition coefficient (Wildman–Crippen LogP) is 0.672. The summed E-state index contributed by atoms with van der Waals surface area (Å²) >= 11 is 0. The number of carbonyl (C=O) groups is 1. The van der Waals surface area contributed by atoms with Gasteiger partial charge in [-0.15, -0.1) is 0 Å². The molecule has 0 saturated carbocycles. The number of ether oxygens (including phenoxy) is 2. The van der Waals surface area contributed by atoms with Crippen LogP contribution in [0, 0.1) is 0 Å². The second-order valence-corrected chi connectivity index (χ2v) is 3.87. The molecule has 1 aliphatic rings. The van der Waals surface area contributed by atoms with Crippen molar-refractivity contribution in [3.63, 3.8) is 0 Å². The Hall–Kier alpha value is -1.59. The van der Waals surface area contributed by atoms with E-state index >= 15 is 0 Å². The van der Waals surface area contributed by atoms with Crippen LogP contribution < -0.4 is 5.32 Å². The van der Waals surface area contributed by atoms with Crippen LogP contribution >= 0.6 is 0 Å². The zero-order valence-electron chi connectivity index (χ0n) is 9.33. The molecular formula is C12H15NO4. The topological polar surface area (TPSA) is 71.1 Å². The molecule has 0 radical (unpaired) electrons. The summed E-state index contributed by atoms with van der Waals surface area (Å²) in [6, 6.07) is 9.03. The smallest absolute Gasteiger partial charge is 0.407 e. The molecule has 5 nitrogen and oxygen atoms in total. The Morgan fingerprint density at radius 2 is 2.24 bits per heavy atom.